The number of ether oxygens (including phenoxy) is 2. The highest BCUT2D eigenvalue weighted by Gasteiger charge is 2.27. The molecule has 0 spiro atoms. The van der Waals surface area contributed by atoms with Gasteiger partial charge < -0.3 is 9.47 Å². The fourth-order valence-electron chi connectivity index (χ4n) is 1.63. The molecule has 1 amide bonds. The van der Waals surface area contributed by atoms with Gasteiger partial charge in [-0.05, 0) is 26.3 Å². The highest BCUT2D eigenvalue weighted by Crippen LogP contribution is 2.18. The minimum absolute atomic E-state index is 0.275. The highest BCUT2D eigenvalue weighted by molar-refractivity contribution is 5.68. The first-order valence-electron chi connectivity index (χ1n) is 6.42. The summed E-state index contributed by atoms with van der Waals surface area (Å²) in [7, 11) is 1.58. The second-order valence-corrected chi connectivity index (χ2v) is 5.35. The van der Waals surface area contributed by atoms with Gasteiger partial charge in [-0.15, -0.1) is 0 Å². The van der Waals surface area contributed by atoms with Crippen LogP contribution in [0, 0.1) is 0 Å². The molecule has 0 N–H and O–H groups in total. The molecule has 19 heavy (non-hydrogen) atoms. The van der Waals surface area contributed by atoms with E-state index < -0.39 is 0 Å². The summed E-state index contributed by atoms with van der Waals surface area (Å²) in [6.45, 7) is 7.20. The number of carbonyl (C=O) groups is 1. The van der Waals surface area contributed by atoms with Crippen molar-refractivity contribution < 1.29 is 14.3 Å². The number of hydrogen-bond donors (Lipinski definition) is 0. The van der Waals surface area contributed by atoms with E-state index in [2.05, 4.69) is 0 Å². The van der Waals surface area contributed by atoms with E-state index in [0.29, 0.717) is 13.2 Å². The van der Waals surface area contributed by atoms with E-state index in [1.54, 1.807) is 12.0 Å². The number of amides is 1. The molecule has 0 aromatic heterocycles. The van der Waals surface area contributed by atoms with Crippen molar-refractivity contribution in [1.29, 1.82) is 0 Å². The van der Waals surface area contributed by atoms with Gasteiger partial charge >= 0.3 is 6.09 Å². The molecule has 0 atom stereocenters. The third-order valence-electron chi connectivity index (χ3n) is 2.73. The molecule has 0 aliphatic rings. The molecule has 0 aliphatic heterocycles. The first-order chi connectivity index (χ1) is 8.95. The average molecular weight is 265 g/mol. The van der Waals surface area contributed by atoms with E-state index in [9.17, 15) is 4.79 Å². The van der Waals surface area contributed by atoms with Gasteiger partial charge in [-0.1, -0.05) is 30.3 Å². The van der Waals surface area contributed by atoms with Crippen LogP contribution in [0.5, 0.6) is 0 Å². The lowest BCUT2D eigenvalue weighted by Crippen LogP contribution is -2.45. The van der Waals surface area contributed by atoms with Crippen molar-refractivity contribution in [2.24, 2.45) is 0 Å². The van der Waals surface area contributed by atoms with Gasteiger partial charge in [0.05, 0.1) is 6.61 Å². The van der Waals surface area contributed by atoms with E-state index >= 15 is 0 Å². The molecule has 0 radical (unpaired) electrons. The summed E-state index contributed by atoms with van der Waals surface area (Å²) in [5.74, 6) is 0. The predicted octanol–water partition coefficient (Wildman–Crippen LogP) is 3.07. The monoisotopic (exact) mass is 265 g/mol. The number of benzene rings is 1. The maximum atomic E-state index is 12.1. The van der Waals surface area contributed by atoms with Crippen LogP contribution in [-0.2, 0) is 16.0 Å². The van der Waals surface area contributed by atoms with Crippen LogP contribution >= 0.6 is 0 Å². The van der Waals surface area contributed by atoms with Gasteiger partial charge in [0.2, 0.25) is 0 Å². The van der Waals surface area contributed by atoms with Crippen LogP contribution < -0.4 is 0 Å². The molecule has 0 bridgehead atoms. The van der Waals surface area contributed by atoms with Crippen LogP contribution in [0.1, 0.15) is 26.3 Å². The maximum Gasteiger partial charge on any atom is 0.410 e. The Bertz CT molecular complexity index is 384. The summed E-state index contributed by atoms with van der Waals surface area (Å²) in [5, 5.41) is 0. The molecule has 1 aromatic rings. The summed E-state index contributed by atoms with van der Waals surface area (Å²) in [5.41, 5.74) is 0.793. The smallest absolute Gasteiger partial charge is 0.410 e. The van der Waals surface area contributed by atoms with Crippen molar-refractivity contribution in [3.05, 3.63) is 35.9 Å². The van der Waals surface area contributed by atoms with Crippen LogP contribution in [-0.4, -0.2) is 36.9 Å². The zero-order valence-electron chi connectivity index (χ0n) is 12.2. The standard InChI is InChI=1S/C15H23NO3/c1-15(2,3)16(14(17)19-11-10-18-4)12-13-8-6-5-7-9-13/h5-9H,10-12H2,1-4H3. The highest BCUT2D eigenvalue weighted by atomic mass is 16.6. The van der Waals surface area contributed by atoms with Crippen LogP contribution in [0.4, 0.5) is 4.79 Å². The number of methoxy groups -OCH3 is 1. The average Bonchev–Trinajstić information content (AvgIpc) is 2.36. The molecule has 0 unspecified atom stereocenters. The van der Waals surface area contributed by atoms with Crippen molar-refractivity contribution in [1.82, 2.24) is 4.90 Å². The number of carbonyl (C=O) groups excluding carboxylic acids is 1. The summed E-state index contributed by atoms with van der Waals surface area (Å²) < 4.78 is 10.1. The molecule has 1 aromatic carbocycles. The van der Waals surface area contributed by atoms with E-state index in [0.717, 1.165) is 5.56 Å². The fraction of sp³-hybridized carbons (Fsp3) is 0.533. The second kappa shape index (κ2) is 7.14. The van der Waals surface area contributed by atoms with Crippen LogP contribution in [0.15, 0.2) is 30.3 Å². The molecular weight excluding hydrogens is 242 g/mol. The largest absolute Gasteiger partial charge is 0.447 e. The van der Waals surface area contributed by atoms with Crippen LogP contribution in [0.2, 0.25) is 0 Å². The lowest BCUT2D eigenvalue weighted by atomic mass is 10.1. The molecule has 0 fully saturated rings. The van der Waals surface area contributed by atoms with Crippen molar-refractivity contribution in [2.75, 3.05) is 20.3 Å². The number of nitrogens with zero attached hydrogens (tertiary/aromatic N) is 1. The summed E-state index contributed by atoms with van der Waals surface area (Å²) in [4.78, 5) is 13.8. The Morgan fingerprint density at radius 2 is 1.79 bits per heavy atom. The van der Waals surface area contributed by atoms with Crippen molar-refractivity contribution in [3.63, 3.8) is 0 Å². The topological polar surface area (TPSA) is 38.8 Å². The van der Waals surface area contributed by atoms with Crippen molar-refractivity contribution in [3.8, 4) is 0 Å². The lowest BCUT2D eigenvalue weighted by Gasteiger charge is -2.34. The molecule has 0 saturated carbocycles. The Balaban J connectivity index is 2.70. The van der Waals surface area contributed by atoms with Gasteiger partial charge in [-0.2, -0.15) is 0 Å². The third-order valence-corrected chi connectivity index (χ3v) is 2.73. The Morgan fingerprint density at radius 1 is 1.16 bits per heavy atom. The minimum Gasteiger partial charge on any atom is -0.447 e. The zero-order valence-corrected chi connectivity index (χ0v) is 12.2. The quantitative estimate of drug-likeness (QED) is 0.768. The molecule has 0 aliphatic carbocycles. The van der Waals surface area contributed by atoms with Crippen molar-refractivity contribution in [2.45, 2.75) is 32.9 Å². The predicted molar refractivity (Wildman–Crippen MR) is 75.0 cm³/mol. The number of hydrogen-bond acceptors (Lipinski definition) is 3. The first-order valence-corrected chi connectivity index (χ1v) is 6.42. The second-order valence-electron chi connectivity index (χ2n) is 5.35. The van der Waals surface area contributed by atoms with Gasteiger partial charge in [-0.3, -0.25) is 4.90 Å². The lowest BCUT2D eigenvalue weighted by molar-refractivity contribution is 0.0452. The van der Waals surface area contributed by atoms with Crippen LogP contribution in [0.3, 0.4) is 0 Å². The van der Waals surface area contributed by atoms with E-state index in [-0.39, 0.29) is 18.2 Å². The minimum atomic E-state index is -0.312. The van der Waals surface area contributed by atoms with Gasteiger partial charge in [0.1, 0.15) is 6.61 Å². The Labute approximate surface area is 115 Å². The molecule has 4 nitrogen and oxygen atoms in total. The van der Waals surface area contributed by atoms with Crippen LogP contribution in [0.25, 0.3) is 0 Å². The van der Waals surface area contributed by atoms with Gasteiger partial charge in [-0.25, -0.2) is 4.79 Å². The van der Waals surface area contributed by atoms with Gasteiger partial charge in [0.25, 0.3) is 0 Å². The summed E-state index contributed by atoms with van der Waals surface area (Å²) in [6, 6.07) is 9.89. The Hall–Kier alpha value is -1.55. The maximum absolute atomic E-state index is 12.1. The van der Waals surface area contributed by atoms with Crippen molar-refractivity contribution >= 4 is 6.09 Å². The zero-order chi connectivity index (χ0) is 14.3. The Kier molecular flexibility index (Phi) is 5.83. The van der Waals surface area contributed by atoms with E-state index in [1.165, 1.54) is 0 Å². The SMILES string of the molecule is COCCOC(=O)N(Cc1ccccc1)C(C)(C)C. The molecule has 1 rings (SSSR count). The fourth-order valence-corrected chi connectivity index (χ4v) is 1.63. The summed E-state index contributed by atoms with van der Waals surface area (Å²) in [6.07, 6.45) is -0.312. The molecule has 4 heteroatoms. The van der Waals surface area contributed by atoms with E-state index in [4.69, 9.17) is 9.47 Å². The Morgan fingerprint density at radius 3 is 2.32 bits per heavy atom. The molecular formula is C15H23NO3. The van der Waals surface area contributed by atoms with Gasteiger partial charge in [0.15, 0.2) is 0 Å². The number of rotatable bonds is 5. The first kappa shape index (κ1) is 15.5. The normalized spacial score (nSPS) is 11.2. The molecule has 106 valence electrons. The van der Waals surface area contributed by atoms with E-state index in [1.807, 2.05) is 51.1 Å². The van der Waals surface area contributed by atoms with Gasteiger partial charge in [0, 0.05) is 19.2 Å². The summed E-state index contributed by atoms with van der Waals surface area (Å²) >= 11 is 0. The molecule has 0 saturated heterocycles. The molecule has 0 heterocycles. The third kappa shape index (κ3) is 5.30.